The van der Waals surface area contributed by atoms with Crippen LogP contribution in [-0.2, 0) is 9.53 Å². The van der Waals surface area contributed by atoms with Crippen molar-refractivity contribution < 1.29 is 19.1 Å². The first-order valence-corrected chi connectivity index (χ1v) is 8.64. The second-order valence-corrected chi connectivity index (χ2v) is 6.25. The number of ether oxygens (including phenoxy) is 2. The molecule has 0 aliphatic heterocycles. The average molecular weight is 381 g/mol. The molecular formula is C22H17ClO4. The molecule has 136 valence electrons. The maximum atomic E-state index is 12.1. The van der Waals surface area contributed by atoms with Gasteiger partial charge < -0.3 is 9.47 Å². The highest BCUT2D eigenvalue weighted by Gasteiger charge is 2.14. The van der Waals surface area contributed by atoms with E-state index in [1.807, 2.05) is 30.3 Å². The minimum absolute atomic E-state index is 0.0333. The Morgan fingerprint density at radius 2 is 1.78 bits per heavy atom. The number of rotatable bonds is 6. The maximum absolute atomic E-state index is 12.1. The summed E-state index contributed by atoms with van der Waals surface area (Å²) in [6.45, 7) is -0.0333. The summed E-state index contributed by atoms with van der Waals surface area (Å²) >= 11 is 5.89. The molecule has 0 saturated heterocycles. The van der Waals surface area contributed by atoms with Gasteiger partial charge in [-0.3, -0.25) is 4.79 Å². The summed E-state index contributed by atoms with van der Waals surface area (Å²) in [4.78, 5) is 23.7. The Labute approximate surface area is 162 Å². The number of esters is 1. The normalized spacial score (nSPS) is 11.3. The summed E-state index contributed by atoms with van der Waals surface area (Å²) in [6, 6.07) is 18.2. The molecule has 3 rings (SSSR count). The van der Waals surface area contributed by atoms with Gasteiger partial charge in [-0.05, 0) is 40.6 Å². The highest BCUT2D eigenvalue weighted by molar-refractivity contribution is 6.30. The van der Waals surface area contributed by atoms with Gasteiger partial charge >= 0.3 is 5.97 Å². The molecule has 27 heavy (non-hydrogen) atoms. The van der Waals surface area contributed by atoms with Crippen LogP contribution in [0.4, 0.5) is 0 Å². The van der Waals surface area contributed by atoms with Crippen LogP contribution in [0.25, 0.3) is 16.8 Å². The van der Waals surface area contributed by atoms with E-state index in [0.29, 0.717) is 21.9 Å². The molecule has 0 amide bonds. The Kier molecular flexibility index (Phi) is 5.89. The summed E-state index contributed by atoms with van der Waals surface area (Å²) in [5.74, 6) is -0.0898. The van der Waals surface area contributed by atoms with E-state index in [1.54, 1.807) is 36.4 Å². The lowest BCUT2D eigenvalue weighted by molar-refractivity contribution is -0.136. The Hall–Kier alpha value is -3.11. The fourth-order valence-electron chi connectivity index (χ4n) is 2.73. The lowest BCUT2D eigenvalue weighted by Gasteiger charge is -2.12. The van der Waals surface area contributed by atoms with Crippen LogP contribution in [0.5, 0.6) is 5.75 Å². The van der Waals surface area contributed by atoms with E-state index in [2.05, 4.69) is 0 Å². The van der Waals surface area contributed by atoms with Gasteiger partial charge in [0.2, 0.25) is 0 Å². The van der Waals surface area contributed by atoms with Gasteiger partial charge in [0.1, 0.15) is 12.4 Å². The van der Waals surface area contributed by atoms with Crippen molar-refractivity contribution in [2.75, 3.05) is 13.7 Å². The molecule has 0 unspecified atom stereocenters. The molecule has 3 aromatic carbocycles. The lowest BCUT2D eigenvalue weighted by Crippen LogP contribution is -2.13. The van der Waals surface area contributed by atoms with Gasteiger partial charge in [-0.2, -0.15) is 0 Å². The minimum Gasteiger partial charge on any atom is -0.488 e. The van der Waals surface area contributed by atoms with Crippen LogP contribution in [0.1, 0.15) is 15.9 Å². The molecule has 0 fully saturated rings. The van der Waals surface area contributed by atoms with Gasteiger partial charge in [-0.1, -0.05) is 54.1 Å². The first kappa shape index (κ1) is 18.7. The Balaban J connectivity index is 1.89. The molecular weight excluding hydrogens is 364 g/mol. The average Bonchev–Trinajstić information content (AvgIpc) is 2.71. The van der Waals surface area contributed by atoms with Crippen molar-refractivity contribution in [3.8, 4) is 5.75 Å². The maximum Gasteiger partial charge on any atom is 0.337 e. The monoisotopic (exact) mass is 380 g/mol. The molecule has 0 bridgehead atoms. The lowest BCUT2D eigenvalue weighted by atomic mass is 10.0. The Morgan fingerprint density at radius 3 is 2.48 bits per heavy atom. The van der Waals surface area contributed by atoms with Crippen LogP contribution >= 0.6 is 11.6 Å². The van der Waals surface area contributed by atoms with E-state index in [9.17, 15) is 9.59 Å². The van der Waals surface area contributed by atoms with Gasteiger partial charge in [0.05, 0.1) is 18.2 Å². The summed E-state index contributed by atoms with van der Waals surface area (Å²) in [7, 11) is 1.31. The molecule has 4 nitrogen and oxygen atoms in total. The number of aldehydes is 1. The largest absolute Gasteiger partial charge is 0.488 e. The number of methoxy groups -OCH3 is 1. The molecule has 0 heterocycles. The molecule has 0 atom stereocenters. The standard InChI is InChI=1S/C22H17ClO4/c1-26-22(25)17(12-15-6-9-18(23)10-7-15)14-27-21-11-8-16-4-2-3-5-19(16)20(21)13-24/h2-13H,14H2,1H3/b17-12+. The van der Waals surface area contributed by atoms with E-state index in [-0.39, 0.29) is 6.61 Å². The van der Waals surface area contributed by atoms with Crippen LogP contribution < -0.4 is 4.74 Å². The number of benzene rings is 3. The summed E-state index contributed by atoms with van der Waals surface area (Å²) < 4.78 is 10.6. The van der Waals surface area contributed by atoms with Crippen molar-refractivity contribution in [3.63, 3.8) is 0 Å². The molecule has 0 aliphatic carbocycles. The molecule has 3 aromatic rings. The van der Waals surface area contributed by atoms with Crippen LogP contribution in [0.15, 0.2) is 66.2 Å². The van der Waals surface area contributed by atoms with Crippen molar-refractivity contribution in [1.82, 2.24) is 0 Å². The SMILES string of the molecule is COC(=O)/C(=C/c1ccc(Cl)cc1)COc1ccc2ccccc2c1C=O. The highest BCUT2D eigenvalue weighted by Crippen LogP contribution is 2.27. The quantitative estimate of drug-likeness (QED) is 0.345. The van der Waals surface area contributed by atoms with E-state index in [0.717, 1.165) is 22.6 Å². The number of carbonyl (C=O) groups is 2. The third kappa shape index (κ3) is 4.36. The van der Waals surface area contributed by atoms with E-state index in [4.69, 9.17) is 21.1 Å². The number of hydrogen-bond acceptors (Lipinski definition) is 4. The number of fused-ring (bicyclic) bond motifs is 1. The molecule has 0 spiro atoms. The van der Waals surface area contributed by atoms with Crippen molar-refractivity contribution in [2.45, 2.75) is 0 Å². The number of hydrogen-bond donors (Lipinski definition) is 0. The highest BCUT2D eigenvalue weighted by atomic mass is 35.5. The van der Waals surface area contributed by atoms with Gasteiger partial charge in [-0.25, -0.2) is 4.79 Å². The topological polar surface area (TPSA) is 52.6 Å². The number of halogens is 1. The third-order valence-corrected chi connectivity index (χ3v) is 4.34. The van der Waals surface area contributed by atoms with E-state index < -0.39 is 5.97 Å². The summed E-state index contributed by atoms with van der Waals surface area (Å²) in [5.41, 5.74) is 1.56. The predicted octanol–water partition coefficient (Wildman–Crippen LogP) is 4.94. The third-order valence-electron chi connectivity index (χ3n) is 4.09. The van der Waals surface area contributed by atoms with Crippen LogP contribution in [-0.4, -0.2) is 26.0 Å². The van der Waals surface area contributed by atoms with Crippen molar-refractivity contribution in [1.29, 1.82) is 0 Å². The molecule has 0 saturated carbocycles. The van der Waals surface area contributed by atoms with Gasteiger partial charge in [0.25, 0.3) is 0 Å². The van der Waals surface area contributed by atoms with Crippen molar-refractivity contribution in [3.05, 3.63) is 82.4 Å². The second-order valence-electron chi connectivity index (χ2n) is 5.82. The minimum atomic E-state index is -0.501. The first-order chi connectivity index (χ1) is 13.1. The fourth-order valence-corrected chi connectivity index (χ4v) is 2.86. The fraction of sp³-hybridized carbons (Fsp3) is 0.0909. The molecule has 0 N–H and O–H groups in total. The molecule has 5 heteroatoms. The van der Waals surface area contributed by atoms with Crippen LogP contribution in [0, 0.1) is 0 Å². The molecule has 0 aromatic heterocycles. The summed E-state index contributed by atoms with van der Waals surface area (Å²) in [6.07, 6.45) is 2.43. The van der Waals surface area contributed by atoms with Gasteiger partial charge in [0, 0.05) is 5.02 Å². The second kappa shape index (κ2) is 8.52. The van der Waals surface area contributed by atoms with Crippen molar-refractivity contribution in [2.24, 2.45) is 0 Å². The van der Waals surface area contributed by atoms with Gasteiger partial charge in [-0.15, -0.1) is 0 Å². The van der Waals surface area contributed by atoms with E-state index in [1.165, 1.54) is 7.11 Å². The van der Waals surface area contributed by atoms with Gasteiger partial charge in [0.15, 0.2) is 6.29 Å². The Bertz CT molecular complexity index is 1010. The van der Waals surface area contributed by atoms with E-state index >= 15 is 0 Å². The Morgan fingerprint density at radius 1 is 1.04 bits per heavy atom. The molecule has 0 radical (unpaired) electrons. The van der Waals surface area contributed by atoms with Crippen LogP contribution in [0.3, 0.4) is 0 Å². The van der Waals surface area contributed by atoms with Crippen LogP contribution in [0.2, 0.25) is 5.02 Å². The molecule has 0 aliphatic rings. The zero-order chi connectivity index (χ0) is 19.2. The van der Waals surface area contributed by atoms with Crippen molar-refractivity contribution >= 4 is 40.7 Å². The zero-order valence-electron chi connectivity index (χ0n) is 14.6. The number of carbonyl (C=O) groups excluding carboxylic acids is 2. The predicted molar refractivity (Wildman–Crippen MR) is 106 cm³/mol. The smallest absolute Gasteiger partial charge is 0.337 e. The zero-order valence-corrected chi connectivity index (χ0v) is 15.4. The summed E-state index contributed by atoms with van der Waals surface area (Å²) in [5, 5.41) is 2.35. The first-order valence-electron chi connectivity index (χ1n) is 8.26.